The molecule has 2 aliphatic rings. The van der Waals surface area contributed by atoms with Crippen molar-refractivity contribution in [3.05, 3.63) is 29.3 Å². The first kappa shape index (κ1) is 13.9. The van der Waals surface area contributed by atoms with Crippen molar-refractivity contribution in [3.8, 4) is 5.75 Å². The van der Waals surface area contributed by atoms with Gasteiger partial charge in [-0.15, -0.1) is 0 Å². The topological polar surface area (TPSA) is 30.5 Å². The zero-order chi connectivity index (χ0) is 14.2. The van der Waals surface area contributed by atoms with Gasteiger partial charge in [-0.1, -0.05) is 12.1 Å². The highest BCUT2D eigenvalue weighted by molar-refractivity contribution is 5.41. The van der Waals surface area contributed by atoms with Crippen LogP contribution in [0.25, 0.3) is 0 Å². The smallest absolute Gasteiger partial charge is 0.123 e. The molecule has 1 aromatic rings. The summed E-state index contributed by atoms with van der Waals surface area (Å²) in [6, 6.07) is 6.98. The van der Waals surface area contributed by atoms with E-state index in [-0.39, 0.29) is 5.60 Å². The third-order valence-electron chi connectivity index (χ3n) is 4.94. The minimum atomic E-state index is 0.0937. The van der Waals surface area contributed by atoms with Crippen LogP contribution in [0.2, 0.25) is 0 Å². The molecule has 1 saturated carbocycles. The van der Waals surface area contributed by atoms with Crippen LogP contribution in [0.15, 0.2) is 18.2 Å². The Balaban J connectivity index is 1.78. The maximum Gasteiger partial charge on any atom is 0.123 e. The molecule has 110 valence electrons. The Morgan fingerprint density at radius 1 is 1.45 bits per heavy atom. The molecular formula is C17H25NO2. The first-order chi connectivity index (χ1) is 9.65. The van der Waals surface area contributed by atoms with Crippen LogP contribution in [-0.2, 0) is 11.2 Å². The van der Waals surface area contributed by atoms with E-state index in [0.717, 1.165) is 18.6 Å². The van der Waals surface area contributed by atoms with Crippen molar-refractivity contribution in [2.24, 2.45) is 0 Å². The summed E-state index contributed by atoms with van der Waals surface area (Å²) in [6.07, 6.45) is 6.05. The summed E-state index contributed by atoms with van der Waals surface area (Å²) in [6.45, 7) is 2.13. The van der Waals surface area contributed by atoms with Gasteiger partial charge in [0.2, 0.25) is 0 Å². The van der Waals surface area contributed by atoms with E-state index in [4.69, 9.17) is 9.47 Å². The van der Waals surface area contributed by atoms with Gasteiger partial charge in [-0.3, -0.25) is 0 Å². The zero-order valence-electron chi connectivity index (χ0n) is 12.7. The van der Waals surface area contributed by atoms with E-state index in [1.165, 1.54) is 30.4 Å². The van der Waals surface area contributed by atoms with Crippen LogP contribution in [0.5, 0.6) is 5.75 Å². The average Bonchev–Trinajstić information content (AvgIpc) is 2.77. The second-order valence-electron chi connectivity index (χ2n) is 6.29. The van der Waals surface area contributed by atoms with Gasteiger partial charge in [0.15, 0.2) is 0 Å². The second kappa shape index (κ2) is 5.38. The zero-order valence-corrected chi connectivity index (χ0v) is 12.7. The fourth-order valence-electron chi connectivity index (χ4n) is 3.48. The Bertz CT molecular complexity index is 476. The molecule has 1 heterocycles. The lowest BCUT2D eigenvalue weighted by atomic mass is 9.74. The molecular weight excluding hydrogens is 250 g/mol. The highest BCUT2D eigenvalue weighted by Gasteiger charge is 2.39. The molecule has 3 nitrogen and oxygen atoms in total. The van der Waals surface area contributed by atoms with Gasteiger partial charge in [0.25, 0.3) is 0 Å². The van der Waals surface area contributed by atoms with Crippen molar-refractivity contribution in [2.75, 3.05) is 14.2 Å². The monoisotopic (exact) mass is 275 g/mol. The summed E-state index contributed by atoms with van der Waals surface area (Å²) >= 11 is 0. The van der Waals surface area contributed by atoms with Crippen LogP contribution in [-0.4, -0.2) is 25.9 Å². The van der Waals surface area contributed by atoms with Gasteiger partial charge in [0.05, 0.1) is 5.60 Å². The fourth-order valence-corrected chi connectivity index (χ4v) is 3.48. The molecule has 0 spiro atoms. The number of hydrogen-bond acceptors (Lipinski definition) is 3. The summed E-state index contributed by atoms with van der Waals surface area (Å²) in [5.74, 6) is 1.06. The quantitative estimate of drug-likeness (QED) is 0.895. The van der Waals surface area contributed by atoms with Gasteiger partial charge >= 0.3 is 0 Å². The van der Waals surface area contributed by atoms with Gasteiger partial charge in [0, 0.05) is 19.6 Å². The first-order valence-corrected chi connectivity index (χ1v) is 7.68. The number of rotatable bonds is 5. The normalized spacial score (nSPS) is 24.6. The Kier molecular flexibility index (Phi) is 3.74. The Morgan fingerprint density at radius 3 is 2.85 bits per heavy atom. The summed E-state index contributed by atoms with van der Waals surface area (Å²) in [7, 11) is 3.89. The third-order valence-corrected chi connectivity index (χ3v) is 4.94. The third kappa shape index (κ3) is 2.45. The molecule has 1 aromatic carbocycles. The molecule has 2 unspecified atom stereocenters. The summed E-state index contributed by atoms with van der Waals surface area (Å²) in [4.78, 5) is 0. The predicted octanol–water partition coefficient (Wildman–Crippen LogP) is 3.23. The van der Waals surface area contributed by atoms with E-state index in [2.05, 4.69) is 30.4 Å². The summed E-state index contributed by atoms with van der Waals surface area (Å²) in [5.41, 5.74) is 2.79. The molecule has 0 saturated heterocycles. The van der Waals surface area contributed by atoms with Crippen molar-refractivity contribution in [2.45, 2.75) is 56.8 Å². The summed E-state index contributed by atoms with van der Waals surface area (Å²) in [5, 5.41) is 3.46. The van der Waals surface area contributed by atoms with Gasteiger partial charge < -0.3 is 14.8 Å². The molecule has 1 fully saturated rings. The van der Waals surface area contributed by atoms with E-state index in [0.29, 0.717) is 12.1 Å². The maximum absolute atomic E-state index is 5.78. The minimum Gasteiger partial charge on any atom is -0.490 e. The van der Waals surface area contributed by atoms with Crippen molar-refractivity contribution >= 4 is 0 Å². The lowest BCUT2D eigenvalue weighted by Crippen LogP contribution is -2.42. The van der Waals surface area contributed by atoms with Crippen LogP contribution in [0, 0.1) is 0 Å². The lowest BCUT2D eigenvalue weighted by molar-refractivity contribution is -0.0834. The van der Waals surface area contributed by atoms with E-state index in [9.17, 15) is 0 Å². The standard InChI is InChI=1S/C17H25NO2/c1-12-9-14-10-13(5-6-16(14)20-12)15(18-2)11-17(19-3)7-4-8-17/h5-6,10,12,15,18H,4,7-9,11H2,1-3H3. The molecule has 3 heteroatoms. The number of ether oxygens (including phenoxy) is 2. The van der Waals surface area contributed by atoms with Gasteiger partial charge in [-0.25, -0.2) is 0 Å². The van der Waals surface area contributed by atoms with E-state index in [1.807, 2.05) is 14.2 Å². The van der Waals surface area contributed by atoms with Crippen molar-refractivity contribution in [1.29, 1.82) is 0 Å². The average molecular weight is 275 g/mol. The van der Waals surface area contributed by atoms with Crippen LogP contribution in [0.3, 0.4) is 0 Å². The molecule has 1 aliphatic carbocycles. The fraction of sp³-hybridized carbons (Fsp3) is 0.647. The molecule has 1 aliphatic heterocycles. The van der Waals surface area contributed by atoms with E-state index < -0.39 is 0 Å². The molecule has 1 N–H and O–H groups in total. The molecule has 3 rings (SSSR count). The van der Waals surface area contributed by atoms with Crippen molar-refractivity contribution in [3.63, 3.8) is 0 Å². The molecule has 20 heavy (non-hydrogen) atoms. The molecule has 2 atom stereocenters. The highest BCUT2D eigenvalue weighted by atomic mass is 16.5. The maximum atomic E-state index is 5.78. The lowest BCUT2D eigenvalue weighted by Gasteiger charge is -2.43. The number of methoxy groups -OCH3 is 1. The molecule has 0 radical (unpaired) electrons. The number of hydrogen-bond donors (Lipinski definition) is 1. The van der Waals surface area contributed by atoms with Crippen LogP contribution < -0.4 is 10.1 Å². The van der Waals surface area contributed by atoms with Crippen molar-refractivity contribution < 1.29 is 9.47 Å². The van der Waals surface area contributed by atoms with Crippen LogP contribution in [0.1, 0.15) is 49.8 Å². The van der Waals surface area contributed by atoms with Gasteiger partial charge in [-0.2, -0.15) is 0 Å². The number of benzene rings is 1. The second-order valence-corrected chi connectivity index (χ2v) is 6.29. The van der Waals surface area contributed by atoms with Gasteiger partial charge in [0.1, 0.15) is 11.9 Å². The minimum absolute atomic E-state index is 0.0937. The number of nitrogens with one attached hydrogen (secondary N) is 1. The van der Waals surface area contributed by atoms with Crippen molar-refractivity contribution in [1.82, 2.24) is 5.32 Å². The molecule has 0 aromatic heterocycles. The number of fused-ring (bicyclic) bond motifs is 1. The van der Waals surface area contributed by atoms with E-state index >= 15 is 0 Å². The SMILES string of the molecule is CNC(CC1(OC)CCC1)c1ccc2c(c1)CC(C)O2. The van der Waals surface area contributed by atoms with Gasteiger partial charge in [-0.05, 0) is 56.8 Å². The Labute approximate surface area is 121 Å². The predicted molar refractivity (Wildman–Crippen MR) is 80.2 cm³/mol. The molecule has 0 amide bonds. The molecule has 0 bridgehead atoms. The Hall–Kier alpha value is -1.06. The summed E-state index contributed by atoms with van der Waals surface area (Å²) < 4.78 is 11.6. The van der Waals surface area contributed by atoms with Crippen LogP contribution >= 0.6 is 0 Å². The van der Waals surface area contributed by atoms with E-state index in [1.54, 1.807) is 0 Å². The first-order valence-electron chi connectivity index (χ1n) is 7.68. The highest BCUT2D eigenvalue weighted by Crippen LogP contribution is 2.42. The largest absolute Gasteiger partial charge is 0.490 e. The van der Waals surface area contributed by atoms with Crippen LogP contribution in [0.4, 0.5) is 0 Å². The Morgan fingerprint density at radius 2 is 2.25 bits per heavy atom.